The summed E-state index contributed by atoms with van der Waals surface area (Å²) in [6.07, 6.45) is 1.18. The highest BCUT2D eigenvalue weighted by Crippen LogP contribution is 2.30. The average molecular weight is 299 g/mol. The lowest BCUT2D eigenvalue weighted by Gasteiger charge is -2.10. The number of hydrogen-bond donors (Lipinski definition) is 1. The maximum Gasteiger partial charge on any atom is 0.0208 e. The van der Waals surface area contributed by atoms with Gasteiger partial charge in [0.05, 0.1) is 0 Å². The number of nitrogens with one attached hydrogen (secondary N) is 1. The summed E-state index contributed by atoms with van der Waals surface area (Å²) >= 11 is 1.84. The first kappa shape index (κ1) is 16.1. The molecule has 2 heteroatoms. The molecule has 0 aliphatic carbocycles. The number of hydrogen-bond acceptors (Lipinski definition) is 2. The van der Waals surface area contributed by atoms with Gasteiger partial charge < -0.3 is 5.32 Å². The molecule has 0 aliphatic heterocycles. The zero-order valence-electron chi connectivity index (χ0n) is 13.5. The third kappa shape index (κ3) is 4.62. The van der Waals surface area contributed by atoms with Crippen LogP contribution in [0.15, 0.2) is 46.2 Å². The SMILES string of the molecule is CCCNCc1ccc(Sc2ccc(C)c(C)c2)cc1C. The normalized spacial score (nSPS) is 10.9. The Morgan fingerprint density at radius 2 is 1.52 bits per heavy atom. The van der Waals surface area contributed by atoms with E-state index in [1.165, 1.54) is 38.5 Å². The average Bonchev–Trinajstić information content (AvgIpc) is 2.45. The molecule has 1 N–H and O–H groups in total. The third-order valence-electron chi connectivity index (χ3n) is 3.77. The first-order valence-corrected chi connectivity index (χ1v) is 8.47. The summed E-state index contributed by atoms with van der Waals surface area (Å²) < 4.78 is 0. The van der Waals surface area contributed by atoms with Crippen molar-refractivity contribution in [2.45, 2.75) is 50.5 Å². The lowest BCUT2D eigenvalue weighted by atomic mass is 10.1. The molecule has 0 amide bonds. The summed E-state index contributed by atoms with van der Waals surface area (Å²) in [5.74, 6) is 0. The van der Waals surface area contributed by atoms with E-state index < -0.39 is 0 Å². The molecule has 0 aromatic heterocycles. The van der Waals surface area contributed by atoms with Crippen LogP contribution in [-0.4, -0.2) is 6.54 Å². The summed E-state index contributed by atoms with van der Waals surface area (Å²) in [4.78, 5) is 2.63. The Bertz CT molecular complexity index is 605. The summed E-state index contributed by atoms with van der Waals surface area (Å²) in [6, 6.07) is 13.5. The van der Waals surface area contributed by atoms with Crippen molar-refractivity contribution >= 4 is 11.8 Å². The van der Waals surface area contributed by atoms with E-state index in [0.29, 0.717) is 0 Å². The second kappa shape index (κ2) is 7.67. The predicted octanol–water partition coefficient (Wildman–Crippen LogP) is 5.26. The van der Waals surface area contributed by atoms with Gasteiger partial charge in [0.15, 0.2) is 0 Å². The maximum absolute atomic E-state index is 3.47. The van der Waals surface area contributed by atoms with E-state index in [-0.39, 0.29) is 0 Å². The van der Waals surface area contributed by atoms with Crippen molar-refractivity contribution in [3.8, 4) is 0 Å². The van der Waals surface area contributed by atoms with Crippen molar-refractivity contribution in [1.29, 1.82) is 0 Å². The largest absolute Gasteiger partial charge is 0.313 e. The van der Waals surface area contributed by atoms with Gasteiger partial charge in [0, 0.05) is 16.3 Å². The van der Waals surface area contributed by atoms with Crippen LogP contribution in [0.3, 0.4) is 0 Å². The van der Waals surface area contributed by atoms with Crippen molar-refractivity contribution in [2.75, 3.05) is 6.54 Å². The molecule has 2 aromatic carbocycles. The molecule has 0 aliphatic rings. The van der Waals surface area contributed by atoms with Gasteiger partial charge in [-0.25, -0.2) is 0 Å². The van der Waals surface area contributed by atoms with E-state index in [1.54, 1.807) is 0 Å². The molecule has 112 valence electrons. The molecule has 0 radical (unpaired) electrons. The number of aryl methyl sites for hydroxylation is 3. The molecule has 0 fully saturated rings. The highest BCUT2D eigenvalue weighted by atomic mass is 32.2. The Labute approximate surface area is 133 Å². The van der Waals surface area contributed by atoms with Crippen molar-refractivity contribution < 1.29 is 0 Å². The fourth-order valence-corrected chi connectivity index (χ4v) is 3.26. The van der Waals surface area contributed by atoms with E-state index in [4.69, 9.17) is 0 Å². The molecule has 0 heterocycles. The van der Waals surface area contributed by atoms with E-state index in [9.17, 15) is 0 Å². The van der Waals surface area contributed by atoms with Crippen molar-refractivity contribution in [1.82, 2.24) is 5.32 Å². The molecular formula is C19H25NS. The van der Waals surface area contributed by atoms with Crippen LogP contribution in [0.1, 0.15) is 35.6 Å². The van der Waals surface area contributed by atoms with Gasteiger partial charge in [0.2, 0.25) is 0 Å². The minimum atomic E-state index is 0.967. The summed E-state index contributed by atoms with van der Waals surface area (Å²) in [5, 5.41) is 3.47. The molecule has 2 aromatic rings. The minimum absolute atomic E-state index is 0.967. The molecule has 0 atom stereocenters. The lowest BCUT2D eigenvalue weighted by Crippen LogP contribution is -2.14. The Morgan fingerprint density at radius 1 is 0.857 bits per heavy atom. The molecule has 1 nitrogen and oxygen atoms in total. The summed E-state index contributed by atoms with van der Waals surface area (Å²) in [5.41, 5.74) is 5.48. The highest BCUT2D eigenvalue weighted by molar-refractivity contribution is 7.99. The second-order valence-electron chi connectivity index (χ2n) is 5.61. The van der Waals surface area contributed by atoms with Crippen LogP contribution in [0.2, 0.25) is 0 Å². The van der Waals surface area contributed by atoms with Gasteiger partial charge in [-0.05, 0) is 80.3 Å². The van der Waals surface area contributed by atoms with Gasteiger partial charge >= 0.3 is 0 Å². The van der Waals surface area contributed by atoms with Crippen LogP contribution < -0.4 is 5.32 Å². The molecule has 0 unspecified atom stereocenters. The standard InChI is InChI=1S/C19H25NS/c1-5-10-20-13-17-7-9-19(12-16(17)4)21-18-8-6-14(2)15(3)11-18/h6-9,11-12,20H,5,10,13H2,1-4H3. The molecular weight excluding hydrogens is 274 g/mol. The van der Waals surface area contributed by atoms with E-state index in [2.05, 4.69) is 69.4 Å². The molecule has 0 saturated carbocycles. The van der Waals surface area contributed by atoms with Gasteiger partial charge in [0.1, 0.15) is 0 Å². The van der Waals surface area contributed by atoms with E-state index >= 15 is 0 Å². The summed E-state index contributed by atoms with van der Waals surface area (Å²) in [7, 11) is 0. The van der Waals surface area contributed by atoms with Crippen LogP contribution in [0.25, 0.3) is 0 Å². The van der Waals surface area contributed by atoms with Crippen LogP contribution in [0.5, 0.6) is 0 Å². The first-order chi connectivity index (χ1) is 10.1. The van der Waals surface area contributed by atoms with Gasteiger partial charge in [-0.15, -0.1) is 0 Å². The van der Waals surface area contributed by atoms with Crippen molar-refractivity contribution in [2.24, 2.45) is 0 Å². The second-order valence-corrected chi connectivity index (χ2v) is 6.76. The Balaban J connectivity index is 2.07. The highest BCUT2D eigenvalue weighted by Gasteiger charge is 2.03. The predicted molar refractivity (Wildman–Crippen MR) is 93.2 cm³/mol. The Hall–Kier alpha value is -1.25. The molecule has 0 bridgehead atoms. The molecule has 2 rings (SSSR count). The van der Waals surface area contributed by atoms with Gasteiger partial charge in [-0.1, -0.05) is 30.8 Å². The van der Waals surface area contributed by atoms with E-state index in [1.807, 2.05) is 11.8 Å². The zero-order chi connectivity index (χ0) is 15.2. The minimum Gasteiger partial charge on any atom is -0.313 e. The van der Waals surface area contributed by atoms with Gasteiger partial charge in [-0.3, -0.25) is 0 Å². The van der Waals surface area contributed by atoms with E-state index in [0.717, 1.165) is 13.1 Å². The Kier molecular flexibility index (Phi) is 5.89. The first-order valence-electron chi connectivity index (χ1n) is 7.65. The monoisotopic (exact) mass is 299 g/mol. The van der Waals surface area contributed by atoms with Gasteiger partial charge in [0.25, 0.3) is 0 Å². The quantitative estimate of drug-likeness (QED) is 0.730. The lowest BCUT2D eigenvalue weighted by molar-refractivity contribution is 0.673. The van der Waals surface area contributed by atoms with Crippen molar-refractivity contribution in [3.05, 3.63) is 58.7 Å². The fourth-order valence-electron chi connectivity index (χ4n) is 2.24. The fraction of sp³-hybridized carbons (Fsp3) is 0.368. The van der Waals surface area contributed by atoms with Crippen LogP contribution in [-0.2, 0) is 6.54 Å². The maximum atomic E-state index is 3.47. The number of benzene rings is 2. The molecule has 0 spiro atoms. The third-order valence-corrected chi connectivity index (χ3v) is 4.75. The van der Waals surface area contributed by atoms with Crippen LogP contribution in [0.4, 0.5) is 0 Å². The molecule has 21 heavy (non-hydrogen) atoms. The van der Waals surface area contributed by atoms with Crippen molar-refractivity contribution in [3.63, 3.8) is 0 Å². The summed E-state index contributed by atoms with van der Waals surface area (Å²) in [6.45, 7) is 10.8. The molecule has 0 saturated heterocycles. The smallest absolute Gasteiger partial charge is 0.0208 e. The van der Waals surface area contributed by atoms with Gasteiger partial charge in [-0.2, -0.15) is 0 Å². The van der Waals surface area contributed by atoms with Crippen LogP contribution in [0, 0.1) is 20.8 Å². The zero-order valence-corrected chi connectivity index (χ0v) is 14.3. The topological polar surface area (TPSA) is 12.0 Å². The Morgan fingerprint density at radius 3 is 2.14 bits per heavy atom. The number of rotatable bonds is 6. The van der Waals surface area contributed by atoms with Crippen LogP contribution >= 0.6 is 11.8 Å².